The van der Waals surface area contributed by atoms with Crippen molar-refractivity contribution in [2.45, 2.75) is 18.7 Å². The second kappa shape index (κ2) is 5.46. The average Bonchev–Trinajstić information content (AvgIpc) is 2.39. The quantitative estimate of drug-likeness (QED) is 0.944. The number of sulfonamides is 1. The lowest BCUT2D eigenvalue weighted by Gasteiger charge is -2.09. The second-order valence-corrected chi connectivity index (χ2v) is 6.25. The number of amides is 1. The fraction of sp³-hybridized carbons (Fsp3) is 0.133. The van der Waals surface area contributed by atoms with Gasteiger partial charge in [0.1, 0.15) is 0 Å². The Morgan fingerprint density at radius 3 is 2.25 bits per heavy atom. The molecule has 0 aliphatic heterocycles. The third-order valence-corrected chi connectivity index (χ3v) is 4.25. The SMILES string of the molecule is Cc1ccc(C(=O)NS(=O)(=O)c2ccccc2)c(C)c1. The van der Waals surface area contributed by atoms with Gasteiger partial charge >= 0.3 is 0 Å². The van der Waals surface area contributed by atoms with E-state index in [1.807, 2.05) is 13.0 Å². The fourth-order valence-corrected chi connectivity index (χ4v) is 2.89. The van der Waals surface area contributed by atoms with Crippen LogP contribution in [-0.2, 0) is 10.0 Å². The number of benzene rings is 2. The van der Waals surface area contributed by atoms with Crippen molar-refractivity contribution in [3.05, 3.63) is 65.2 Å². The molecule has 0 saturated carbocycles. The van der Waals surface area contributed by atoms with Crippen LogP contribution in [0.2, 0.25) is 0 Å². The molecule has 0 aliphatic carbocycles. The molecule has 0 fully saturated rings. The van der Waals surface area contributed by atoms with Crippen molar-refractivity contribution in [3.8, 4) is 0 Å². The zero-order chi connectivity index (χ0) is 14.8. The van der Waals surface area contributed by atoms with Gasteiger partial charge in [0.25, 0.3) is 15.9 Å². The van der Waals surface area contributed by atoms with Gasteiger partial charge in [-0.1, -0.05) is 35.9 Å². The fourth-order valence-electron chi connectivity index (χ4n) is 1.90. The van der Waals surface area contributed by atoms with E-state index in [1.54, 1.807) is 37.3 Å². The number of hydrogen-bond donors (Lipinski definition) is 1. The van der Waals surface area contributed by atoms with Gasteiger partial charge in [-0.2, -0.15) is 0 Å². The molecule has 0 aromatic heterocycles. The highest BCUT2D eigenvalue weighted by Crippen LogP contribution is 2.13. The number of nitrogens with one attached hydrogen (secondary N) is 1. The van der Waals surface area contributed by atoms with Crippen molar-refractivity contribution in [2.75, 3.05) is 0 Å². The van der Waals surface area contributed by atoms with Crippen molar-refractivity contribution in [1.29, 1.82) is 0 Å². The molecular weight excluding hydrogens is 274 g/mol. The summed E-state index contributed by atoms with van der Waals surface area (Å²) in [6.07, 6.45) is 0. The molecule has 2 rings (SSSR count). The Balaban J connectivity index is 2.28. The molecule has 1 N–H and O–H groups in total. The van der Waals surface area contributed by atoms with Gasteiger partial charge in [0.2, 0.25) is 0 Å². The number of rotatable bonds is 3. The van der Waals surface area contributed by atoms with Crippen molar-refractivity contribution < 1.29 is 13.2 Å². The summed E-state index contributed by atoms with van der Waals surface area (Å²) < 4.78 is 26.2. The Morgan fingerprint density at radius 2 is 1.65 bits per heavy atom. The van der Waals surface area contributed by atoms with Crippen LogP contribution in [0, 0.1) is 13.8 Å². The van der Waals surface area contributed by atoms with Crippen LogP contribution in [-0.4, -0.2) is 14.3 Å². The van der Waals surface area contributed by atoms with Gasteiger partial charge in [-0.3, -0.25) is 4.79 Å². The molecule has 20 heavy (non-hydrogen) atoms. The molecule has 104 valence electrons. The van der Waals surface area contributed by atoms with Gasteiger partial charge in [-0.15, -0.1) is 0 Å². The zero-order valence-electron chi connectivity index (χ0n) is 11.3. The molecule has 0 aliphatic rings. The van der Waals surface area contributed by atoms with Crippen LogP contribution in [0.4, 0.5) is 0 Å². The Labute approximate surface area is 118 Å². The first-order valence-electron chi connectivity index (χ1n) is 6.09. The molecule has 0 bridgehead atoms. The molecule has 2 aromatic rings. The summed E-state index contributed by atoms with van der Waals surface area (Å²) in [5, 5.41) is 0. The Hall–Kier alpha value is -2.14. The van der Waals surface area contributed by atoms with Gasteiger partial charge in [-0.25, -0.2) is 13.1 Å². The van der Waals surface area contributed by atoms with E-state index in [1.165, 1.54) is 12.1 Å². The van der Waals surface area contributed by atoms with Gasteiger partial charge in [0, 0.05) is 5.56 Å². The predicted octanol–water partition coefficient (Wildman–Crippen LogP) is 2.42. The molecule has 0 heterocycles. The van der Waals surface area contributed by atoms with E-state index in [4.69, 9.17) is 0 Å². The van der Waals surface area contributed by atoms with Gasteiger partial charge < -0.3 is 0 Å². The van der Waals surface area contributed by atoms with Crippen LogP contribution in [0.15, 0.2) is 53.4 Å². The maximum atomic E-state index is 12.1. The first-order chi connectivity index (χ1) is 9.40. The molecule has 1 amide bonds. The Morgan fingerprint density at radius 1 is 1.00 bits per heavy atom. The molecular formula is C15H15NO3S. The molecule has 0 unspecified atom stereocenters. The van der Waals surface area contributed by atoms with E-state index < -0.39 is 15.9 Å². The monoisotopic (exact) mass is 289 g/mol. The highest BCUT2D eigenvalue weighted by Gasteiger charge is 2.19. The van der Waals surface area contributed by atoms with Crippen LogP contribution >= 0.6 is 0 Å². The second-order valence-electron chi connectivity index (χ2n) is 4.57. The third-order valence-electron chi connectivity index (χ3n) is 2.91. The normalized spacial score (nSPS) is 11.1. The maximum absolute atomic E-state index is 12.1. The smallest absolute Gasteiger partial charge is 0.265 e. The maximum Gasteiger partial charge on any atom is 0.265 e. The average molecular weight is 289 g/mol. The van der Waals surface area contributed by atoms with E-state index in [-0.39, 0.29) is 4.90 Å². The van der Waals surface area contributed by atoms with E-state index in [2.05, 4.69) is 4.72 Å². The summed E-state index contributed by atoms with van der Waals surface area (Å²) in [6, 6.07) is 13.0. The van der Waals surface area contributed by atoms with E-state index >= 15 is 0 Å². The van der Waals surface area contributed by atoms with Crippen LogP contribution in [0.5, 0.6) is 0 Å². The molecule has 0 spiro atoms. The lowest BCUT2D eigenvalue weighted by Crippen LogP contribution is -2.31. The van der Waals surface area contributed by atoms with E-state index in [0.29, 0.717) is 5.56 Å². The summed E-state index contributed by atoms with van der Waals surface area (Å²) >= 11 is 0. The lowest BCUT2D eigenvalue weighted by molar-refractivity contribution is 0.0981. The number of aryl methyl sites for hydroxylation is 2. The lowest BCUT2D eigenvalue weighted by atomic mass is 10.1. The number of carbonyl (C=O) groups is 1. The first kappa shape index (κ1) is 14.3. The summed E-state index contributed by atoms with van der Waals surface area (Å²) in [6.45, 7) is 3.69. The van der Waals surface area contributed by atoms with Crippen molar-refractivity contribution >= 4 is 15.9 Å². The summed E-state index contributed by atoms with van der Waals surface area (Å²) in [7, 11) is -3.83. The van der Waals surface area contributed by atoms with Crippen molar-refractivity contribution in [1.82, 2.24) is 4.72 Å². The largest absolute Gasteiger partial charge is 0.268 e. The number of hydrogen-bond acceptors (Lipinski definition) is 3. The molecule has 0 radical (unpaired) electrons. The van der Waals surface area contributed by atoms with Crippen LogP contribution in [0.1, 0.15) is 21.5 Å². The van der Waals surface area contributed by atoms with E-state index in [9.17, 15) is 13.2 Å². The highest BCUT2D eigenvalue weighted by molar-refractivity contribution is 7.90. The molecule has 0 saturated heterocycles. The minimum Gasteiger partial charge on any atom is -0.268 e. The Bertz CT molecular complexity index is 737. The standard InChI is InChI=1S/C15H15NO3S/c1-11-8-9-14(12(2)10-11)15(17)16-20(18,19)13-6-4-3-5-7-13/h3-10H,1-2H3,(H,16,17). The Kier molecular flexibility index (Phi) is 3.90. The summed E-state index contributed by atoms with van der Waals surface area (Å²) in [5.41, 5.74) is 2.12. The topological polar surface area (TPSA) is 63.2 Å². The minimum absolute atomic E-state index is 0.0677. The zero-order valence-corrected chi connectivity index (χ0v) is 12.1. The van der Waals surface area contributed by atoms with Crippen LogP contribution in [0.3, 0.4) is 0 Å². The molecule has 5 heteroatoms. The third kappa shape index (κ3) is 3.05. The summed E-state index contributed by atoms with van der Waals surface area (Å²) in [5.74, 6) is -0.619. The van der Waals surface area contributed by atoms with E-state index in [0.717, 1.165) is 11.1 Å². The van der Waals surface area contributed by atoms with Gasteiger partial charge in [-0.05, 0) is 37.6 Å². The predicted molar refractivity (Wildman–Crippen MR) is 77.0 cm³/mol. The van der Waals surface area contributed by atoms with Crippen molar-refractivity contribution in [2.24, 2.45) is 0 Å². The first-order valence-corrected chi connectivity index (χ1v) is 7.58. The van der Waals surface area contributed by atoms with Crippen LogP contribution in [0.25, 0.3) is 0 Å². The minimum atomic E-state index is -3.83. The number of carbonyl (C=O) groups excluding carboxylic acids is 1. The van der Waals surface area contributed by atoms with Gasteiger partial charge in [0.05, 0.1) is 4.90 Å². The molecule has 2 aromatic carbocycles. The van der Waals surface area contributed by atoms with Gasteiger partial charge in [0.15, 0.2) is 0 Å². The highest BCUT2D eigenvalue weighted by atomic mass is 32.2. The molecule has 0 atom stereocenters. The van der Waals surface area contributed by atoms with Crippen LogP contribution < -0.4 is 4.72 Å². The van der Waals surface area contributed by atoms with Crippen molar-refractivity contribution in [3.63, 3.8) is 0 Å². The molecule has 4 nitrogen and oxygen atoms in total. The summed E-state index contributed by atoms with van der Waals surface area (Å²) in [4.78, 5) is 12.1.